The number of aromatic nitrogens is 2. The summed E-state index contributed by atoms with van der Waals surface area (Å²) >= 11 is 0. The molecule has 1 aliphatic rings. The number of hydrogen-bond acceptors (Lipinski definition) is 4. The predicted octanol–water partition coefficient (Wildman–Crippen LogP) is 2.98. The lowest BCUT2D eigenvalue weighted by atomic mass is 9.82. The highest BCUT2D eigenvalue weighted by molar-refractivity contribution is 5.76. The smallest absolute Gasteiger partial charge is 0.223 e. The zero-order valence-corrected chi connectivity index (χ0v) is 17.9. The Hall–Kier alpha value is -1.40. The van der Waals surface area contributed by atoms with Crippen molar-refractivity contribution in [1.82, 2.24) is 25.3 Å². The molecule has 0 saturated heterocycles. The molecule has 2 N–H and O–H groups in total. The Bertz CT molecular complexity index is 563. The lowest BCUT2D eigenvalue weighted by Gasteiger charge is -2.36. The number of nitrogens with one attached hydrogen (secondary N) is 2. The van der Waals surface area contributed by atoms with Crippen molar-refractivity contribution in [3.8, 4) is 0 Å². The van der Waals surface area contributed by atoms with Gasteiger partial charge in [-0.1, -0.05) is 13.8 Å². The normalized spacial score (nSPS) is 20.4. The van der Waals surface area contributed by atoms with Gasteiger partial charge in [0.1, 0.15) is 0 Å². The Balaban J connectivity index is 1.92. The van der Waals surface area contributed by atoms with Crippen LogP contribution in [-0.4, -0.2) is 65.7 Å². The minimum Gasteiger partial charge on any atom is -0.340 e. The quantitative estimate of drug-likeness (QED) is 0.658. The molecule has 0 bridgehead atoms. The van der Waals surface area contributed by atoms with Crippen molar-refractivity contribution < 1.29 is 4.79 Å². The van der Waals surface area contributed by atoms with Crippen molar-refractivity contribution in [3.05, 3.63) is 17.5 Å². The maximum absolute atomic E-state index is 12.6. The summed E-state index contributed by atoms with van der Waals surface area (Å²) in [6.07, 6.45) is 7.13. The monoisotopic (exact) mass is 377 g/mol. The standard InChI is InChI=1S/C21H39N5O/c1-6-26(20(27)13-16(2)3)19-9-7-17(8-10-19)21-18(14-23-24-21)15-25(5)12-11-22-4/h14,16-17,19,22H,6-13,15H2,1-5H3,(H,23,24)/t17-,19+. The molecule has 0 aliphatic heterocycles. The number of nitrogens with zero attached hydrogens (tertiary/aromatic N) is 3. The first kappa shape index (κ1) is 21.9. The first-order valence-electron chi connectivity index (χ1n) is 10.6. The molecule has 1 amide bonds. The molecule has 0 atom stereocenters. The van der Waals surface area contributed by atoms with Gasteiger partial charge in [0.15, 0.2) is 0 Å². The molecule has 0 aromatic carbocycles. The Morgan fingerprint density at radius 1 is 1.33 bits per heavy atom. The first-order valence-corrected chi connectivity index (χ1v) is 10.6. The highest BCUT2D eigenvalue weighted by atomic mass is 16.2. The summed E-state index contributed by atoms with van der Waals surface area (Å²) < 4.78 is 0. The van der Waals surface area contributed by atoms with Crippen LogP contribution in [0.5, 0.6) is 0 Å². The summed E-state index contributed by atoms with van der Waals surface area (Å²) in [5.41, 5.74) is 2.56. The fourth-order valence-corrected chi connectivity index (χ4v) is 4.24. The van der Waals surface area contributed by atoms with Gasteiger partial charge < -0.3 is 15.1 Å². The van der Waals surface area contributed by atoms with Gasteiger partial charge in [-0.2, -0.15) is 5.10 Å². The van der Waals surface area contributed by atoms with Gasteiger partial charge >= 0.3 is 0 Å². The molecule has 1 heterocycles. The molecule has 1 fully saturated rings. The van der Waals surface area contributed by atoms with E-state index in [2.05, 4.69) is 59.3 Å². The molecule has 2 rings (SSSR count). The third-order valence-electron chi connectivity index (χ3n) is 5.70. The summed E-state index contributed by atoms with van der Waals surface area (Å²) in [6.45, 7) is 10.1. The summed E-state index contributed by atoms with van der Waals surface area (Å²) in [7, 11) is 4.14. The molecule has 1 aliphatic carbocycles. The number of H-pyrrole nitrogens is 1. The summed E-state index contributed by atoms with van der Waals surface area (Å²) in [5.74, 6) is 1.26. The molecule has 6 heteroatoms. The molecule has 1 aromatic rings. The van der Waals surface area contributed by atoms with Crippen LogP contribution in [0.25, 0.3) is 0 Å². The van der Waals surface area contributed by atoms with Crippen molar-refractivity contribution in [2.45, 2.75) is 71.4 Å². The van der Waals surface area contributed by atoms with Gasteiger partial charge in [0.2, 0.25) is 5.91 Å². The van der Waals surface area contributed by atoms with Crippen LogP contribution in [0.2, 0.25) is 0 Å². The number of aromatic amines is 1. The molecule has 6 nitrogen and oxygen atoms in total. The van der Waals surface area contributed by atoms with Gasteiger partial charge in [0.05, 0.1) is 5.69 Å². The molecule has 154 valence electrons. The van der Waals surface area contributed by atoms with Gasteiger partial charge in [-0.3, -0.25) is 9.89 Å². The van der Waals surface area contributed by atoms with Gasteiger partial charge in [0.25, 0.3) is 0 Å². The first-order chi connectivity index (χ1) is 13.0. The fourth-order valence-electron chi connectivity index (χ4n) is 4.24. The molecule has 1 saturated carbocycles. The number of carbonyl (C=O) groups is 1. The van der Waals surface area contributed by atoms with Crippen LogP contribution in [0.4, 0.5) is 0 Å². The topological polar surface area (TPSA) is 64.3 Å². The summed E-state index contributed by atoms with van der Waals surface area (Å²) in [5, 5.41) is 10.9. The SMILES string of the molecule is CCN(C(=O)CC(C)C)[C@H]1CC[C@@H](c2n[nH]cc2CN(C)CCNC)CC1. The van der Waals surface area contributed by atoms with Crippen LogP contribution < -0.4 is 5.32 Å². The molecule has 0 unspecified atom stereocenters. The van der Waals surface area contributed by atoms with Crippen molar-refractivity contribution in [2.24, 2.45) is 5.92 Å². The van der Waals surface area contributed by atoms with Gasteiger partial charge in [-0.15, -0.1) is 0 Å². The minimum absolute atomic E-state index is 0.322. The van der Waals surface area contributed by atoms with E-state index in [1.807, 2.05) is 7.05 Å². The minimum atomic E-state index is 0.322. The fraction of sp³-hybridized carbons (Fsp3) is 0.810. The van der Waals surface area contributed by atoms with Crippen LogP contribution in [0.3, 0.4) is 0 Å². The van der Waals surface area contributed by atoms with E-state index in [-0.39, 0.29) is 0 Å². The predicted molar refractivity (Wildman–Crippen MR) is 111 cm³/mol. The Kier molecular flexibility index (Phi) is 8.77. The number of amides is 1. The lowest BCUT2D eigenvalue weighted by molar-refractivity contribution is -0.134. The second-order valence-corrected chi connectivity index (χ2v) is 8.42. The second kappa shape index (κ2) is 10.8. The van der Waals surface area contributed by atoms with E-state index >= 15 is 0 Å². The zero-order valence-electron chi connectivity index (χ0n) is 17.9. The number of carbonyl (C=O) groups excluding carboxylic acids is 1. The van der Waals surface area contributed by atoms with E-state index in [9.17, 15) is 4.79 Å². The van der Waals surface area contributed by atoms with Gasteiger partial charge in [-0.05, 0) is 52.6 Å². The maximum atomic E-state index is 12.6. The average Bonchev–Trinajstić information content (AvgIpc) is 3.08. The van der Waals surface area contributed by atoms with Gasteiger partial charge in [0, 0.05) is 56.3 Å². The second-order valence-electron chi connectivity index (χ2n) is 8.42. The third kappa shape index (κ3) is 6.32. The van der Waals surface area contributed by atoms with E-state index in [4.69, 9.17) is 0 Å². The Morgan fingerprint density at radius 2 is 2.04 bits per heavy atom. The van der Waals surface area contributed by atoms with Crippen LogP contribution in [0.15, 0.2) is 6.20 Å². The van der Waals surface area contributed by atoms with Crippen LogP contribution in [-0.2, 0) is 11.3 Å². The Labute approximate surface area is 165 Å². The number of hydrogen-bond donors (Lipinski definition) is 2. The molecule has 0 spiro atoms. The average molecular weight is 378 g/mol. The largest absolute Gasteiger partial charge is 0.340 e. The molecular weight excluding hydrogens is 338 g/mol. The molecule has 1 aromatic heterocycles. The number of rotatable bonds is 10. The highest BCUT2D eigenvalue weighted by Crippen LogP contribution is 2.35. The molecule has 27 heavy (non-hydrogen) atoms. The van der Waals surface area contributed by atoms with Crippen molar-refractivity contribution in [3.63, 3.8) is 0 Å². The van der Waals surface area contributed by atoms with Crippen LogP contribution in [0.1, 0.15) is 70.1 Å². The van der Waals surface area contributed by atoms with Crippen molar-refractivity contribution in [1.29, 1.82) is 0 Å². The van der Waals surface area contributed by atoms with E-state index in [1.165, 1.54) is 11.3 Å². The molecule has 0 radical (unpaired) electrons. The maximum Gasteiger partial charge on any atom is 0.223 e. The Morgan fingerprint density at radius 3 is 2.63 bits per heavy atom. The lowest BCUT2D eigenvalue weighted by Crippen LogP contribution is -2.42. The van der Waals surface area contributed by atoms with E-state index < -0.39 is 0 Å². The molecular formula is C21H39N5O. The zero-order chi connectivity index (χ0) is 19.8. The van der Waals surface area contributed by atoms with E-state index in [1.54, 1.807) is 0 Å². The van der Waals surface area contributed by atoms with Crippen molar-refractivity contribution >= 4 is 5.91 Å². The summed E-state index contributed by atoms with van der Waals surface area (Å²) in [4.78, 5) is 17.0. The highest BCUT2D eigenvalue weighted by Gasteiger charge is 2.30. The van der Waals surface area contributed by atoms with Gasteiger partial charge in [-0.25, -0.2) is 0 Å². The van der Waals surface area contributed by atoms with Crippen molar-refractivity contribution in [2.75, 3.05) is 33.7 Å². The van der Waals surface area contributed by atoms with Crippen LogP contribution in [0, 0.1) is 5.92 Å². The van der Waals surface area contributed by atoms with Crippen LogP contribution >= 0.6 is 0 Å². The summed E-state index contributed by atoms with van der Waals surface area (Å²) in [6, 6.07) is 0.401. The number of likely N-dealkylation sites (N-methyl/N-ethyl adjacent to an activating group) is 2. The van der Waals surface area contributed by atoms with E-state index in [0.717, 1.165) is 51.9 Å². The van der Waals surface area contributed by atoms with E-state index in [0.29, 0.717) is 30.2 Å². The third-order valence-corrected chi connectivity index (χ3v) is 5.70.